The number of aryl methyl sites for hydroxylation is 1. The monoisotopic (exact) mass is 248 g/mol. The van der Waals surface area contributed by atoms with Gasteiger partial charge in [0, 0.05) is 12.7 Å². The summed E-state index contributed by atoms with van der Waals surface area (Å²) in [5, 5.41) is 4.17. The minimum atomic E-state index is 1.03. The molecule has 0 atom stereocenters. The number of thioether (sulfide) groups is 1. The highest BCUT2D eigenvalue weighted by molar-refractivity contribution is 9.10. The van der Waals surface area contributed by atoms with Crippen molar-refractivity contribution >= 4 is 27.7 Å². The number of hydrogen-bond donors (Lipinski definition) is 0. The summed E-state index contributed by atoms with van der Waals surface area (Å²) in [6.45, 7) is 3.22. The summed E-state index contributed by atoms with van der Waals surface area (Å²) >= 11 is 5.35. The second-order valence-corrected chi connectivity index (χ2v) is 4.78. The van der Waals surface area contributed by atoms with Crippen LogP contribution in [-0.4, -0.2) is 21.3 Å². The van der Waals surface area contributed by atoms with Crippen LogP contribution in [0.25, 0.3) is 0 Å². The van der Waals surface area contributed by atoms with E-state index in [0.29, 0.717) is 0 Å². The molecule has 0 aliphatic rings. The van der Waals surface area contributed by atoms with Crippen molar-refractivity contribution in [3.8, 4) is 0 Å². The lowest BCUT2D eigenvalue weighted by Crippen LogP contribution is -1.99. The van der Waals surface area contributed by atoms with Gasteiger partial charge < -0.3 is 0 Å². The van der Waals surface area contributed by atoms with Crippen molar-refractivity contribution in [2.75, 3.05) is 11.5 Å². The molecule has 0 aromatic carbocycles. The van der Waals surface area contributed by atoms with Crippen molar-refractivity contribution in [1.29, 1.82) is 0 Å². The molecule has 1 aromatic rings. The Labute approximate surface area is 85.9 Å². The van der Waals surface area contributed by atoms with Crippen LogP contribution < -0.4 is 0 Å². The molecule has 0 unspecified atom stereocenters. The third-order valence-electron chi connectivity index (χ3n) is 1.48. The molecule has 1 heterocycles. The maximum atomic E-state index is 4.17. The third kappa shape index (κ3) is 3.63. The minimum Gasteiger partial charge on any atom is -0.272 e. The van der Waals surface area contributed by atoms with Gasteiger partial charge in [0.2, 0.25) is 0 Å². The van der Waals surface area contributed by atoms with Gasteiger partial charge in [0.05, 0.1) is 10.7 Å². The number of rotatable bonds is 5. The molecule has 0 radical (unpaired) electrons. The fourth-order valence-electron chi connectivity index (χ4n) is 0.934. The highest BCUT2D eigenvalue weighted by atomic mass is 79.9. The molecule has 0 saturated carbocycles. The van der Waals surface area contributed by atoms with Crippen molar-refractivity contribution in [3.05, 3.63) is 16.9 Å². The molecule has 0 amide bonds. The second kappa shape index (κ2) is 5.65. The van der Waals surface area contributed by atoms with Gasteiger partial charge >= 0.3 is 0 Å². The predicted octanol–water partition coefficient (Wildman–Crippen LogP) is 2.79. The van der Waals surface area contributed by atoms with Gasteiger partial charge in [-0.25, -0.2) is 0 Å². The number of aromatic nitrogens is 2. The highest BCUT2D eigenvalue weighted by Crippen LogP contribution is 2.07. The second-order valence-electron chi connectivity index (χ2n) is 2.47. The van der Waals surface area contributed by atoms with Gasteiger partial charge in [-0.2, -0.15) is 16.9 Å². The molecule has 0 spiro atoms. The summed E-state index contributed by atoms with van der Waals surface area (Å²) < 4.78 is 3.03. The van der Waals surface area contributed by atoms with Crippen molar-refractivity contribution < 1.29 is 0 Å². The van der Waals surface area contributed by atoms with E-state index in [4.69, 9.17) is 0 Å². The fourth-order valence-corrected chi connectivity index (χ4v) is 1.88. The van der Waals surface area contributed by atoms with Crippen LogP contribution in [0.2, 0.25) is 0 Å². The molecule has 0 fully saturated rings. The Balaban J connectivity index is 2.15. The molecule has 0 aliphatic carbocycles. The van der Waals surface area contributed by atoms with E-state index in [1.165, 1.54) is 17.9 Å². The van der Waals surface area contributed by atoms with E-state index in [0.717, 1.165) is 11.0 Å². The average molecular weight is 249 g/mol. The summed E-state index contributed by atoms with van der Waals surface area (Å²) in [4.78, 5) is 0. The lowest BCUT2D eigenvalue weighted by atomic mass is 10.5. The molecule has 4 heteroatoms. The van der Waals surface area contributed by atoms with Crippen molar-refractivity contribution in [2.45, 2.75) is 19.9 Å². The maximum absolute atomic E-state index is 4.17. The third-order valence-corrected chi connectivity index (χ3v) is 2.88. The zero-order chi connectivity index (χ0) is 8.81. The Bertz CT molecular complexity index is 225. The van der Waals surface area contributed by atoms with Gasteiger partial charge in [0.1, 0.15) is 0 Å². The lowest BCUT2D eigenvalue weighted by molar-refractivity contribution is 0.606. The first-order valence-electron chi connectivity index (χ1n) is 4.08. The molecule has 0 aliphatic heterocycles. The Kier molecular flexibility index (Phi) is 4.76. The number of nitrogens with zero attached hydrogens (tertiary/aromatic N) is 2. The summed E-state index contributed by atoms with van der Waals surface area (Å²) in [5.74, 6) is 2.44. The summed E-state index contributed by atoms with van der Waals surface area (Å²) in [6.07, 6.45) is 5.04. The van der Waals surface area contributed by atoms with Crippen molar-refractivity contribution in [3.63, 3.8) is 0 Å². The Morgan fingerprint density at radius 2 is 2.50 bits per heavy atom. The van der Waals surface area contributed by atoms with Crippen LogP contribution >= 0.6 is 27.7 Å². The van der Waals surface area contributed by atoms with E-state index >= 15 is 0 Å². The van der Waals surface area contributed by atoms with Crippen LogP contribution in [0, 0.1) is 0 Å². The van der Waals surface area contributed by atoms with Crippen LogP contribution in [0.3, 0.4) is 0 Å². The SMILES string of the molecule is CCSCCCn1cc(Br)cn1. The van der Waals surface area contributed by atoms with E-state index in [1.807, 2.05) is 28.8 Å². The summed E-state index contributed by atoms with van der Waals surface area (Å²) in [5.41, 5.74) is 0. The van der Waals surface area contributed by atoms with Crippen molar-refractivity contribution in [1.82, 2.24) is 9.78 Å². The van der Waals surface area contributed by atoms with Crippen LogP contribution in [0.5, 0.6) is 0 Å². The van der Waals surface area contributed by atoms with E-state index < -0.39 is 0 Å². The van der Waals surface area contributed by atoms with Crippen molar-refractivity contribution in [2.24, 2.45) is 0 Å². The van der Waals surface area contributed by atoms with Gasteiger partial charge in [-0.05, 0) is 33.9 Å². The number of halogens is 1. The minimum absolute atomic E-state index is 1.03. The van der Waals surface area contributed by atoms with Gasteiger partial charge in [-0.1, -0.05) is 6.92 Å². The van der Waals surface area contributed by atoms with Crippen LogP contribution in [-0.2, 0) is 6.54 Å². The van der Waals surface area contributed by atoms with Gasteiger partial charge in [-0.3, -0.25) is 4.68 Å². The Morgan fingerprint density at radius 1 is 1.67 bits per heavy atom. The molecule has 68 valence electrons. The van der Waals surface area contributed by atoms with E-state index in [-0.39, 0.29) is 0 Å². The topological polar surface area (TPSA) is 17.8 Å². The Hall–Kier alpha value is 0.0400. The normalized spacial score (nSPS) is 10.5. The first-order valence-corrected chi connectivity index (χ1v) is 6.03. The van der Waals surface area contributed by atoms with E-state index in [1.54, 1.807) is 0 Å². The molecule has 12 heavy (non-hydrogen) atoms. The predicted molar refractivity (Wildman–Crippen MR) is 57.5 cm³/mol. The highest BCUT2D eigenvalue weighted by Gasteiger charge is 1.93. The lowest BCUT2D eigenvalue weighted by Gasteiger charge is -1.99. The van der Waals surface area contributed by atoms with Gasteiger partial charge in [0.15, 0.2) is 0 Å². The molecule has 0 saturated heterocycles. The first-order chi connectivity index (χ1) is 5.83. The van der Waals surface area contributed by atoms with E-state index in [2.05, 4.69) is 28.0 Å². The zero-order valence-corrected chi connectivity index (χ0v) is 9.57. The zero-order valence-electron chi connectivity index (χ0n) is 7.16. The van der Waals surface area contributed by atoms with E-state index in [9.17, 15) is 0 Å². The summed E-state index contributed by atoms with van der Waals surface area (Å²) in [6, 6.07) is 0. The van der Waals surface area contributed by atoms with Crippen LogP contribution in [0.1, 0.15) is 13.3 Å². The smallest absolute Gasteiger partial charge is 0.0632 e. The average Bonchev–Trinajstić information content (AvgIpc) is 2.45. The molecule has 0 N–H and O–H groups in total. The molecule has 1 rings (SSSR count). The molecule has 1 aromatic heterocycles. The van der Waals surface area contributed by atoms with Gasteiger partial charge in [-0.15, -0.1) is 0 Å². The molecular weight excluding hydrogens is 236 g/mol. The maximum Gasteiger partial charge on any atom is 0.0632 e. The first kappa shape index (κ1) is 10.1. The molecular formula is C8H13BrN2S. The van der Waals surface area contributed by atoms with Crippen LogP contribution in [0.4, 0.5) is 0 Å². The Morgan fingerprint density at radius 3 is 3.08 bits per heavy atom. The van der Waals surface area contributed by atoms with Crippen LogP contribution in [0.15, 0.2) is 16.9 Å². The largest absolute Gasteiger partial charge is 0.272 e. The molecule has 2 nitrogen and oxygen atoms in total. The summed E-state index contributed by atoms with van der Waals surface area (Å²) in [7, 11) is 0. The molecule has 0 bridgehead atoms. The standard InChI is InChI=1S/C8H13BrN2S/c1-2-12-5-3-4-11-7-8(9)6-10-11/h6-7H,2-5H2,1H3. The quantitative estimate of drug-likeness (QED) is 0.747. The van der Waals surface area contributed by atoms with Gasteiger partial charge in [0.25, 0.3) is 0 Å². The fraction of sp³-hybridized carbons (Fsp3) is 0.625. The number of hydrogen-bond acceptors (Lipinski definition) is 2.